The van der Waals surface area contributed by atoms with E-state index < -0.39 is 10.0 Å². The fourth-order valence-electron chi connectivity index (χ4n) is 1.95. The number of nitrogens with one attached hydrogen (secondary N) is 1. The number of ether oxygens (including phenoxy) is 1. The van der Waals surface area contributed by atoms with Crippen LogP contribution in [0, 0.1) is 5.92 Å². The van der Waals surface area contributed by atoms with Crippen LogP contribution in [0.1, 0.15) is 12.8 Å². The van der Waals surface area contributed by atoms with Gasteiger partial charge in [-0.15, -0.1) is 0 Å². The van der Waals surface area contributed by atoms with Crippen molar-refractivity contribution in [2.75, 3.05) is 25.5 Å². The van der Waals surface area contributed by atoms with Crippen molar-refractivity contribution >= 4 is 27.3 Å². The summed E-state index contributed by atoms with van der Waals surface area (Å²) < 4.78 is 32.1. The molecule has 1 unspecified atom stereocenters. The number of nitrogens with two attached hydrogens (primary N) is 1. The van der Waals surface area contributed by atoms with Gasteiger partial charge in [-0.3, -0.25) is 0 Å². The van der Waals surface area contributed by atoms with Crippen molar-refractivity contribution in [3.63, 3.8) is 0 Å². The fraction of sp³-hybridized carbons (Fsp3) is 0.500. The summed E-state index contributed by atoms with van der Waals surface area (Å²) in [7, 11) is -3.54. The average Bonchev–Trinajstić information content (AvgIpc) is 2.41. The highest BCUT2D eigenvalue weighted by Gasteiger charge is 2.19. The van der Waals surface area contributed by atoms with E-state index in [9.17, 15) is 8.42 Å². The second kappa shape index (κ2) is 6.09. The molecule has 3 N–H and O–H groups in total. The Kier molecular flexibility index (Phi) is 4.67. The lowest BCUT2D eigenvalue weighted by Gasteiger charge is -2.22. The zero-order valence-electron chi connectivity index (χ0n) is 10.4. The van der Waals surface area contributed by atoms with Crippen molar-refractivity contribution in [1.82, 2.24) is 4.72 Å². The molecule has 2 rings (SSSR count). The average molecular weight is 305 g/mol. The molecule has 5 nitrogen and oxygen atoms in total. The maximum Gasteiger partial charge on any atom is 0.240 e. The Balaban J connectivity index is 2.02. The number of hydrogen-bond donors (Lipinski definition) is 2. The normalized spacial score (nSPS) is 20.4. The molecule has 0 spiro atoms. The molecule has 1 fully saturated rings. The van der Waals surface area contributed by atoms with Crippen molar-refractivity contribution in [2.45, 2.75) is 17.7 Å². The summed E-state index contributed by atoms with van der Waals surface area (Å²) in [4.78, 5) is 0.128. The molecule has 1 saturated heterocycles. The van der Waals surface area contributed by atoms with Gasteiger partial charge in [0.15, 0.2) is 0 Å². The molecular weight excluding hydrogens is 288 g/mol. The first kappa shape index (κ1) is 14.6. The lowest BCUT2D eigenvalue weighted by atomic mass is 10.0. The van der Waals surface area contributed by atoms with E-state index in [-0.39, 0.29) is 15.8 Å². The third-order valence-electron chi connectivity index (χ3n) is 3.10. The third kappa shape index (κ3) is 3.82. The molecule has 1 aromatic carbocycles. The minimum absolute atomic E-state index is 0.128. The van der Waals surface area contributed by atoms with Crippen molar-refractivity contribution in [3.8, 4) is 0 Å². The van der Waals surface area contributed by atoms with Gasteiger partial charge in [-0.1, -0.05) is 11.6 Å². The molecule has 1 heterocycles. The lowest BCUT2D eigenvalue weighted by Crippen LogP contribution is -2.33. The molecule has 0 amide bonds. The molecule has 1 aliphatic rings. The molecule has 1 atom stereocenters. The lowest BCUT2D eigenvalue weighted by molar-refractivity contribution is 0.0568. The highest BCUT2D eigenvalue weighted by molar-refractivity contribution is 7.89. The van der Waals surface area contributed by atoms with Gasteiger partial charge in [0.05, 0.1) is 22.2 Å². The Hall–Kier alpha value is -0.820. The van der Waals surface area contributed by atoms with E-state index in [4.69, 9.17) is 22.1 Å². The van der Waals surface area contributed by atoms with Crippen LogP contribution in [0.4, 0.5) is 5.69 Å². The molecule has 19 heavy (non-hydrogen) atoms. The van der Waals surface area contributed by atoms with Crippen LogP contribution in [0.5, 0.6) is 0 Å². The van der Waals surface area contributed by atoms with Crippen LogP contribution in [0.15, 0.2) is 23.1 Å². The van der Waals surface area contributed by atoms with Crippen molar-refractivity contribution in [3.05, 3.63) is 23.2 Å². The second-order valence-electron chi connectivity index (χ2n) is 4.62. The van der Waals surface area contributed by atoms with Crippen LogP contribution in [0.2, 0.25) is 5.02 Å². The summed E-state index contributed by atoms with van der Waals surface area (Å²) >= 11 is 5.83. The minimum Gasteiger partial charge on any atom is -0.398 e. The summed E-state index contributed by atoms with van der Waals surface area (Å²) in [5, 5.41) is 0.240. The molecule has 0 radical (unpaired) electrons. The highest BCUT2D eigenvalue weighted by atomic mass is 35.5. The molecule has 0 aromatic heterocycles. The molecule has 7 heteroatoms. The van der Waals surface area contributed by atoms with Gasteiger partial charge in [-0.2, -0.15) is 0 Å². The first-order chi connectivity index (χ1) is 8.99. The number of nitrogen functional groups attached to an aromatic ring is 1. The van der Waals surface area contributed by atoms with Gasteiger partial charge < -0.3 is 10.5 Å². The summed E-state index contributed by atoms with van der Waals surface area (Å²) in [6, 6.07) is 4.29. The van der Waals surface area contributed by atoms with E-state index >= 15 is 0 Å². The number of halogens is 1. The molecule has 0 aliphatic carbocycles. The van der Waals surface area contributed by atoms with E-state index in [1.54, 1.807) is 0 Å². The van der Waals surface area contributed by atoms with Gasteiger partial charge in [0.25, 0.3) is 0 Å². The number of hydrogen-bond acceptors (Lipinski definition) is 4. The third-order valence-corrected chi connectivity index (χ3v) is 4.85. The summed E-state index contributed by atoms with van der Waals surface area (Å²) in [5.41, 5.74) is 5.92. The Morgan fingerprint density at radius 3 is 2.89 bits per heavy atom. The van der Waals surface area contributed by atoms with E-state index in [1.165, 1.54) is 18.2 Å². The van der Waals surface area contributed by atoms with E-state index in [0.717, 1.165) is 19.4 Å². The van der Waals surface area contributed by atoms with E-state index in [0.29, 0.717) is 18.8 Å². The number of anilines is 1. The Morgan fingerprint density at radius 2 is 2.26 bits per heavy atom. The Labute approximate surface area is 118 Å². The molecule has 106 valence electrons. The van der Waals surface area contributed by atoms with Crippen LogP contribution < -0.4 is 10.5 Å². The zero-order chi connectivity index (χ0) is 13.9. The van der Waals surface area contributed by atoms with Gasteiger partial charge in [0.2, 0.25) is 10.0 Å². The maximum atomic E-state index is 12.1. The summed E-state index contributed by atoms with van der Waals surface area (Å²) in [6.07, 6.45) is 1.95. The van der Waals surface area contributed by atoms with E-state index in [1.807, 2.05) is 0 Å². The molecule has 0 saturated carbocycles. The Morgan fingerprint density at radius 1 is 1.47 bits per heavy atom. The monoisotopic (exact) mass is 304 g/mol. The largest absolute Gasteiger partial charge is 0.398 e. The van der Waals surface area contributed by atoms with Gasteiger partial charge in [-0.25, -0.2) is 13.1 Å². The molecular formula is C12H17ClN2O3S. The standard InChI is InChI=1S/C12H17ClN2O3S/c13-11-6-10(3-4-12(11)14)19(16,17)15-7-9-2-1-5-18-8-9/h3-4,6,9,15H,1-2,5,7-8,14H2. The van der Waals surface area contributed by atoms with Crippen molar-refractivity contribution < 1.29 is 13.2 Å². The maximum absolute atomic E-state index is 12.1. The summed E-state index contributed by atoms with van der Waals surface area (Å²) in [6.45, 7) is 1.74. The first-order valence-corrected chi connectivity index (χ1v) is 7.97. The topological polar surface area (TPSA) is 81.4 Å². The molecule has 1 aromatic rings. The van der Waals surface area contributed by atoms with Crippen LogP contribution in [-0.2, 0) is 14.8 Å². The number of sulfonamides is 1. The van der Waals surface area contributed by atoms with E-state index in [2.05, 4.69) is 4.72 Å². The van der Waals surface area contributed by atoms with Crippen LogP contribution in [0.3, 0.4) is 0 Å². The summed E-state index contributed by atoms with van der Waals surface area (Å²) in [5.74, 6) is 0.229. The van der Waals surface area contributed by atoms with Gasteiger partial charge >= 0.3 is 0 Å². The molecule has 1 aliphatic heterocycles. The number of rotatable bonds is 4. The van der Waals surface area contributed by atoms with Crippen molar-refractivity contribution in [1.29, 1.82) is 0 Å². The predicted octanol–water partition coefficient (Wildman–Crippen LogP) is 1.63. The number of benzene rings is 1. The first-order valence-electron chi connectivity index (χ1n) is 6.11. The van der Waals surface area contributed by atoms with Gasteiger partial charge in [0, 0.05) is 13.2 Å². The minimum atomic E-state index is -3.54. The molecule has 0 bridgehead atoms. The van der Waals surface area contributed by atoms with Crippen LogP contribution >= 0.6 is 11.6 Å². The zero-order valence-corrected chi connectivity index (χ0v) is 12.0. The van der Waals surface area contributed by atoms with Crippen LogP contribution in [-0.4, -0.2) is 28.2 Å². The highest BCUT2D eigenvalue weighted by Crippen LogP contribution is 2.22. The van der Waals surface area contributed by atoms with Gasteiger partial charge in [-0.05, 0) is 37.0 Å². The quantitative estimate of drug-likeness (QED) is 0.828. The van der Waals surface area contributed by atoms with Gasteiger partial charge in [0.1, 0.15) is 0 Å². The van der Waals surface area contributed by atoms with Crippen LogP contribution in [0.25, 0.3) is 0 Å². The van der Waals surface area contributed by atoms with Crippen molar-refractivity contribution in [2.24, 2.45) is 5.92 Å². The fourth-order valence-corrected chi connectivity index (χ4v) is 3.34. The predicted molar refractivity (Wildman–Crippen MR) is 74.6 cm³/mol. The smallest absolute Gasteiger partial charge is 0.240 e. The second-order valence-corrected chi connectivity index (χ2v) is 6.79. The Bertz CT molecular complexity index is 542. The SMILES string of the molecule is Nc1ccc(S(=O)(=O)NCC2CCCOC2)cc1Cl.